The third-order valence-electron chi connectivity index (χ3n) is 2.02. The van der Waals surface area contributed by atoms with E-state index in [0.29, 0.717) is 24.2 Å². The van der Waals surface area contributed by atoms with Crippen molar-refractivity contribution in [1.82, 2.24) is 0 Å². The Morgan fingerprint density at radius 3 is 2.76 bits per heavy atom. The van der Waals surface area contributed by atoms with Gasteiger partial charge < -0.3 is 5.32 Å². The van der Waals surface area contributed by atoms with Crippen LogP contribution in [0.5, 0.6) is 0 Å². The van der Waals surface area contributed by atoms with Gasteiger partial charge in [-0.2, -0.15) is 5.26 Å². The number of hydrogen-bond donors (Lipinski definition) is 2. The van der Waals surface area contributed by atoms with Gasteiger partial charge in [0.1, 0.15) is 6.07 Å². The van der Waals surface area contributed by atoms with Gasteiger partial charge in [-0.1, -0.05) is 15.9 Å². The van der Waals surface area contributed by atoms with Crippen molar-refractivity contribution in [3.05, 3.63) is 28.2 Å². The summed E-state index contributed by atoms with van der Waals surface area (Å²) in [6, 6.07) is 7.29. The lowest BCUT2D eigenvalue weighted by molar-refractivity contribution is 0.596. The van der Waals surface area contributed by atoms with Crippen molar-refractivity contribution in [3.8, 4) is 6.07 Å². The van der Waals surface area contributed by atoms with Crippen molar-refractivity contribution < 1.29 is 8.42 Å². The number of sulfonamides is 1. The highest BCUT2D eigenvalue weighted by Crippen LogP contribution is 2.20. The predicted octanol–water partition coefficient (Wildman–Crippen LogP) is 1.41. The Morgan fingerprint density at radius 1 is 1.47 bits per heavy atom. The van der Waals surface area contributed by atoms with Crippen LogP contribution >= 0.6 is 15.9 Å². The maximum atomic E-state index is 10.7. The van der Waals surface area contributed by atoms with Gasteiger partial charge in [0.25, 0.3) is 0 Å². The van der Waals surface area contributed by atoms with Crippen LogP contribution < -0.4 is 10.5 Å². The predicted molar refractivity (Wildman–Crippen MR) is 69.9 cm³/mol. The molecule has 92 valence electrons. The van der Waals surface area contributed by atoms with E-state index in [0.717, 1.165) is 4.47 Å². The highest BCUT2D eigenvalue weighted by molar-refractivity contribution is 9.10. The number of nitrogens with one attached hydrogen (secondary N) is 1. The number of anilines is 1. The Bertz CT molecular complexity index is 537. The van der Waals surface area contributed by atoms with Gasteiger partial charge in [0.15, 0.2) is 0 Å². The van der Waals surface area contributed by atoms with Crippen LogP contribution in [0.3, 0.4) is 0 Å². The zero-order chi connectivity index (χ0) is 12.9. The summed E-state index contributed by atoms with van der Waals surface area (Å²) in [5.41, 5.74) is 1.19. The molecule has 0 aliphatic heterocycles. The average molecular weight is 318 g/mol. The molecule has 5 nitrogen and oxygen atoms in total. The minimum absolute atomic E-state index is 0.0735. The maximum Gasteiger partial charge on any atom is 0.209 e. The first kappa shape index (κ1) is 14.0. The lowest BCUT2D eigenvalue weighted by atomic mass is 10.2. The van der Waals surface area contributed by atoms with Crippen molar-refractivity contribution in [3.63, 3.8) is 0 Å². The molecule has 0 aromatic heterocycles. The quantitative estimate of drug-likeness (QED) is 0.802. The summed E-state index contributed by atoms with van der Waals surface area (Å²) in [5, 5.41) is 16.8. The smallest absolute Gasteiger partial charge is 0.209 e. The van der Waals surface area contributed by atoms with Gasteiger partial charge in [-0.3, -0.25) is 0 Å². The van der Waals surface area contributed by atoms with Crippen molar-refractivity contribution in [2.45, 2.75) is 6.42 Å². The Hall–Kier alpha value is -1.10. The van der Waals surface area contributed by atoms with Crippen LogP contribution in [0, 0.1) is 11.3 Å². The molecule has 0 bridgehead atoms. The second kappa shape index (κ2) is 6.00. The lowest BCUT2D eigenvalue weighted by Crippen LogP contribution is -2.18. The molecule has 0 saturated carbocycles. The molecular formula is C10H12BrN3O2S. The van der Waals surface area contributed by atoms with E-state index in [-0.39, 0.29) is 5.75 Å². The molecule has 0 fully saturated rings. The summed E-state index contributed by atoms with van der Waals surface area (Å²) in [6.07, 6.45) is 0.399. The lowest BCUT2D eigenvalue weighted by Gasteiger charge is -2.08. The molecule has 0 saturated heterocycles. The van der Waals surface area contributed by atoms with E-state index >= 15 is 0 Å². The molecule has 3 N–H and O–H groups in total. The van der Waals surface area contributed by atoms with Crippen LogP contribution in [-0.4, -0.2) is 20.7 Å². The standard InChI is InChI=1S/C10H12BrN3O2S/c11-9-3-2-8(7-12)10(6-9)14-4-1-5-17(13,15)16/h2-3,6,14H,1,4-5H2,(H2,13,15,16). The highest BCUT2D eigenvalue weighted by Gasteiger charge is 2.04. The summed E-state index contributed by atoms with van der Waals surface area (Å²) in [4.78, 5) is 0. The van der Waals surface area contributed by atoms with E-state index in [2.05, 4.69) is 27.3 Å². The normalized spacial score (nSPS) is 10.9. The molecule has 1 aromatic carbocycles. The molecule has 0 amide bonds. The van der Waals surface area contributed by atoms with Crippen molar-refractivity contribution in [2.24, 2.45) is 5.14 Å². The van der Waals surface area contributed by atoms with Gasteiger partial charge in [0, 0.05) is 11.0 Å². The molecule has 0 heterocycles. The monoisotopic (exact) mass is 317 g/mol. The average Bonchev–Trinajstić information content (AvgIpc) is 2.23. The first-order chi connectivity index (χ1) is 7.92. The Morgan fingerprint density at radius 2 is 2.18 bits per heavy atom. The van der Waals surface area contributed by atoms with E-state index in [1.54, 1.807) is 18.2 Å². The fourth-order valence-corrected chi connectivity index (χ4v) is 2.16. The number of nitriles is 1. The second-order valence-electron chi connectivity index (χ2n) is 3.45. The van der Waals surface area contributed by atoms with Gasteiger partial charge in [0.2, 0.25) is 10.0 Å². The fraction of sp³-hybridized carbons (Fsp3) is 0.300. The second-order valence-corrected chi connectivity index (χ2v) is 6.10. The topological polar surface area (TPSA) is 96.0 Å². The van der Waals surface area contributed by atoms with Crippen LogP contribution in [0.15, 0.2) is 22.7 Å². The summed E-state index contributed by atoms with van der Waals surface area (Å²) < 4.78 is 22.3. The number of halogens is 1. The number of nitrogens with zero attached hydrogens (tertiary/aromatic N) is 1. The molecule has 0 spiro atoms. The Balaban J connectivity index is 2.58. The molecule has 0 aliphatic carbocycles. The SMILES string of the molecule is N#Cc1ccc(Br)cc1NCCCS(N)(=O)=O. The molecule has 1 rings (SSSR count). The number of nitrogens with two attached hydrogens (primary N) is 1. The summed E-state index contributed by atoms with van der Waals surface area (Å²) in [5.74, 6) is -0.0735. The zero-order valence-electron chi connectivity index (χ0n) is 8.98. The molecule has 0 radical (unpaired) electrons. The Labute approximate surface area is 109 Å². The Kier molecular flexibility index (Phi) is 4.93. The third kappa shape index (κ3) is 5.17. The number of rotatable bonds is 5. The van der Waals surface area contributed by atoms with Crippen LogP contribution in [0.4, 0.5) is 5.69 Å². The number of benzene rings is 1. The van der Waals surface area contributed by atoms with E-state index in [1.165, 1.54) is 0 Å². The van der Waals surface area contributed by atoms with Gasteiger partial charge in [-0.25, -0.2) is 13.6 Å². The summed E-state index contributed by atoms with van der Waals surface area (Å²) >= 11 is 3.30. The minimum Gasteiger partial charge on any atom is -0.384 e. The molecule has 0 unspecified atom stereocenters. The van der Waals surface area contributed by atoms with Gasteiger partial charge in [0.05, 0.1) is 17.0 Å². The maximum absolute atomic E-state index is 10.7. The van der Waals surface area contributed by atoms with Crippen LogP contribution in [0.1, 0.15) is 12.0 Å². The minimum atomic E-state index is -3.42. The van der Waals surface area contributed by atoms with Crippen molar-refractivity contribution in [2.75, 3.05) is 17.6 Å². The number of hydrogen-bond acceptors (Lipinski definition) is 4. The molecular weight excluding hydrogens is 306 g/mol. The van der Waals surface area contributed by atoms with E-state index < -0.39 is 10.0 Å². The molecule has 1 aromatic rings. The summed E-state index contributed by atoms with van der Waals surface area (Å²) in [7, 11) is -3.42. The van der Waals surface area contributed by atoms with Crippen molar-refractivity contribution in [1.29, 1.82) is 5.26 Å². The van der Waals surface area contributed by atoms with E-state index in [1.807, 2.05) is 0 Å². The van der Waals surface area contributed by atoms with Crippen LogP contribution in [0.25, 0.3) is 0 Å². The largest absolute Gasteiger partial charge is 0.384 e. The van der Waals surface area contributed by atoms with E-state index in [4.69, 9.17) is 10.4 Å². The third-order valence-corrected chi connectivity index (χ3v) is 3.37. The number of primary sulfonamides is 1. The molecule has 7 heteroatoms. The first-order valence-electron chi connectivity index (χ1n) is 4.86. The van der Waals surface area contributed by atoms with Crippen LogP contribution in [-0.2, 0) is 10.0 Å². The molecule has 17 heavy (non-hydrogen) atoms. The van der Waals surface area contributed by atoms with Gasteiger partial charge in [-0.15, -0.1) is 0 Å². The van der Waals surface area contributed by atoms with Crippen molar-refractivity contribution >= 4 is 31.6 Å². The van der Waals surface area contributed by atoms with Gasteiger partial charge in [-0.05, 0) is 24.6 Å². The van der Waals surface area contributed by atoms with E-state index in [9.17, 15) is 8.42 Å². The zero-order valence-corrected chi connectivity index (χ0v) is 11.4. The highest BCUT2D eigenvalue weighted by atomic mass is 79.9. The fourth-order valence-electron chi connectivity index (χ4n) is 1.26. The summed E-state index contributed by atoms with van der Waals surface area (Å²) in [6.45, 7) is 0.446. The van der Waals surface area contributed by atoms with Crippen LogP contribution in [0.2, 0.25) is 0 Å². The molecule has 0 atom stereocenters. The molecule has 0 aliphatic rings. The van der Waals surface area contributed by atoms with Gasteiger partial charge >= 0.3 is 0 Å². The first-order valence-corrected chi connectivity index (χ1v) is 7.37.